The van der Waals surface area contributed by atoms with E-state index in [9.17, 15) is 28.0 Å². The van der Waals surface area contributed by atoms with Crippen LogP contribution in [0.25, 0.3) is 5.65 Å². The van der Waals surface area contributed by atoms with Crippen LogP contribution in [0.5, 0.6) is 0 Å². The molecule has 0 aliphatic heterocycles. The summed E-state index contributed by atoms with van der Waals surface area (Å²) in [5.74, 6) is -3.72. The highest BCUT2D eigenvalue weighted by molar-refractivity contribution is 6.31. The number of Topliss-reactive ketones (excluding diaryl/α,β-unsaturated/α-hetero) is 2. The van der Waals surface area contributed by atoms with E-state index in [1.54, 1.807) is 30.3 Å². The summed E-state index contributed by atoms with van der Waals surface area (Å²) in [4.78, 5) is 54.0. The van der Waals surface area contributed by atoms with Gasteiger partial charge in [0, 0.05) is 31.5 Å². The zero-order valence-electron chi connectivity index (χ0n) is 28.1. The fraction of sp³-hybridized carbons (Fsp3) is 0.243. The Labute approximate surface area is 292 Å². The number of halogens is 3. The van der Waals surface area contributed by atoms with Gasteiger partial charge >= 0.3 is 5.97 Å². The minimum Gasteiger partial charge on any atom is -0.456 e. The van der Waals surface area contributed by atoms with Crippen molar-refractivity contribution in [1.29, 1.82) is 0 Å². The zero-order valence-corrected chi connectivity index (χ0v) is 28.9. The molecule has 0 atom stereocenters. The highest BCUT2D eigenvalue weighted by Crippen LogP contribution is 2.21. The molecule has 0 bridgehead atoms. The first kappa shape index (κ1) is 37.5. The van der Waals surface area contributed by atoms with Gasteiger partial charge in [-0.25, -0.2) is 23.1 Å². The molecule has 0 saturated carbocycles. The molecule has 3 aromatic carbocycles. The number of esters is 1. The van der Waals surface area contributed by atoms with E-state index in [-0.39, 0.29) is 47.3 Å². The molecule has 50 heavy (non-hydrogen) atoms. The maximum Gasteiger partial charge on any atom is 0.338 e. The molecule has 0 radical (unpaired) electrons. The first-order valence-electron chi connectivity index (χ1n) is 15.5. The van der Waals surface area contributed by atoms with Crippen LogP contribution in [0.1, 0.15) is 91.6 Å². The summed E-state index contributed by atoms with van der Waals surface area (Å²) in [5, 5.41) is 7.09. The van der Waals surface area contributed by atoms with E-state index in [1.165, 1.54) is 29.8 Å². The summed E-state index contributed by atoms with van der Waals surface area (Å²) in [6.07, 6.45) is 1.27. The Hall–Kier alpha value is -5.33. The van der Waals surface area contributed by atoms with E-state index in [2.05, 4.69) is 15.4 Å². The third kappa shape index (κ3) is 9.42. The van der Waals surface area contributed by atoms with E-state index < -0.39 is 28.9 Å². The van der Waals surface area contributed by atoms with E-state index in [1.807, 2.05) is 39.8 Å². The Balaban J connectivity index is 0.000000295. The molecule has 3 N–H and O–H groups in total. The van der Waals surface area contributed by atoms with Crippen LogP contribution in [0.4, 0.5) is 8.78 Å². The number of nitrogens with two attached hydrogens (primary N) is 1. The van der Waals surface area contributed by atoms with Gasteiger partial charge in [-0.3, -0.25) is 14.4 Å². The van der Waals surface area contributed by atoms with Crippen molar-refractivity contribution in [2.24, 2.45) is 5.73 Å². The molecule has 0 fully saturated rings. The predicted molar refractivity (Wildman–Crippen MR) is 184 cm³/mol. The van der Waals surface area contributed by atoms with Gasteiger partial charge in [-0.05, 0) is 80.3 Å². The number of nitrogens with one attached hydrogen (secondary N) is 1. The smallest absolute Gasteiger partial charge is 0.338 e. The maximum atomic E-state index is 13.4. The average molecular weight is 704 g/mol. The van der Waals surface area contributed by atoms with Crippen LogP contribution in [-0.4, -0.2) is 43.6 Å². The fourth-order valence-corrected chi connectivity index (χ4v) is 4.98. The molecule has 5 rings (SSSR count). The lowest BCUT2D eigenvalue weighted by Crippen LogP contribution is -2.25. The molecule has 13 heteroatoms. The van der Waals surface area contributed by atoms with Crippen molar-refractivity contribution in [3.05, 3.63) is 134 Å². The van der Waals surface area contributed by atoms with Crippen LogP contribution in [0.3, 0.4) is 0 Å². The highest BCUT2D eigenvalue weighted by Gasteiger charge is 2.22. The molecule has 0 saturated heterocycles. The first-order valence-corrected chi connectivity index (χ1v) is 15.9. The van der Waals surface area contributed by atoms with Gasteiger partial charge in [-0.1, -0.05) is 48.0 Å². The van der Waals surface area contributed by atoms with Crippen molar-refractivity contribution in [2.75, 3.05) is 0 Å². The Morgan fingerprint density at radius 1 is 0.940 bits per heavy atom. The lowest BCUT2D eigenvalue weighted by Gasteiger charge is -2.20. The van der Waals surface area contributed by atoms with Crippen molar-refractivity contribution in [1.82, 2.24) is 19.9 Å². The number of nitrogens with zero attached hydrogens (tertiary/aromatic N) is 3. The minimum atomic E-state index is -1.04. The number of ketones is 2. The predicted octanol–water partition coefficient (Wildman–Crippen LogP) is 6.63. The van der Waals surface area contributed by atoms with Gasteiger partial charge < -0.3 is 15.8 Å². The second-order valence-corrected chi connectivity index (χ2v) is 12.8. The van der Waals surface area contributed by atoms with Crippen LogP contribution in [0.15, 0.2) is 72.9 Å². The Morgan fingerprint density at radius 2 is 1.64 bits per heavy atom. The second kappa shape index (κ2) is 15.9. The van der Waals surface area contributed by atoms with Gasteiger partial charge in [0.2, 0.25) is 0 Å². The van der Waals surface area contributed by atoms with Gasteiger partial charge in [0.25, 0.3) is 5.91 Å². The Bertz CT molecular complexity index is 2090. The van der Waals surface area contributed by atoms with Gasteiger partial charge in [-0.15, -0.1) is 0 Å². The Morgan fingerprint density at radius 3 is 2.26 bits per heavy atom. The molecule has 10 nitrogen and oxygen atoms in total. The summed E-state index contributed by atoms with van der Waals surface area (Å²) in [5.41, 5.74) is 8.63. The van der Waals surface area contributed by atoms with Crippen molar-refractivity contribution in [2.45, 2.75) is 59.7 Å². The molecule has 260 valence electrons. The summed E-state index contributed by atoms with van der Waals surface area (Å²) in [6, 6.07) is 16.9. The van der Waals surface area contributed by atoms with E-state index in [0.717, 1.165) is 23.3 Å². The molecule has 5 aromatic rings. The van der Waals surface area contributed by atoms with E-state index >= 15 is 0 Å². The van der Waals surface area contributed by atoms with Crippen molar-refractivity contribution >= 4 is 40.7 Å². The summed E-state index contributed by atoms with van der Waals surface area (Å²) in [7, 11) is 0. The number of amides is 1. The summed E-state index contributed by atoms with van der Waals surface area (Å²) < 4.78 is 33.0. The maximum absolute atomic E-state index is 13.4. The number of fused-ring (bicyclic) bond motifs is 1. The van der Waals surface area contributed by atoms with Gasteiger partial charge in [0.05, 0.1) is 17.3 Å². The monoisotopic (exact) mass is 703 g/mol. The van der Waals surface area contributed by atoms with Crippen LogP contribution in [-0.2, 0) is 24.2 Å². The van der Waals surface area contributed by atoms with Crippen molar-refractivity contribution in [3.8, 4) is 0 Å². The lowest BCUT2D eigenvalue weighted by atomic mass is 10.0. The number of aryl methyl sites for hydroxylation is 1. The SMILES string of the molecule is CC(=O)c1cc(C(=O)NCc2ccc(F)c(F)c2)nc2c(C(=O)Cc3ccccc3Cl)cnn12.Cc1cc(CN)ccc1C(=O)OC(C)(C)C. The third-order valence-electron chi connectivity index (χ3n) is 7.26. The number of carbonyl (C=O) groups is 4. The molecule has 0 unspecified atom stereocenters. The number of benzene rings is 3. The van der Waals surface area contributed by atoms with Gasteiger partial charge in [0.15, 0.2) is 28.8 Å². The van der Waals surface area contributed by atoms with E-state index in [4.69, 9.17) is 22.1 Å². The molecule has 1 amide bonds. The third-order valence-corrected chi connectivity index (χ3v) is 7.63. The number of ether oxygens (including phenoxy) is 1. The molecular weight excluding hydrogens is 668 g/mol. The van der Waals surface area contributed by atoms with Gasteiger partial charge in [-0.2, -0.15) is 5.10 Å². The average Bonchev–Trinajstić information content (AvgIpc) is 3.49. The van der Waals surface area contributed by atoms with Crippen molar-refractivity contribution < 1.29 is 32.7 Å². The standard InChI is InChI=1S/C24H17ClF2N4O3.C13H19NO2/c1-13(32)21-10-20(24(34)28-11-14-6-7-18(26)19(27)8-14)30-23-16(12-29-31(21)23)22(33)9-15-4-2-3-5-17(15)25;1-9-7-10(8-14)5-6-11(9)12(15)16-13(2,3)4/h2-8,10,12H,9,11H2,1H3,(H,28,34);5-7H,8,14H2,1-4H3. The number of hydrogen-bond acceptors (Lipinski definition) is 8. The normalized spacial score (nSPS) is 11.1. The number of carbonyl (C=O) groups excluding carboxylic acids is 4. The topological polar surface area (TPSA) is 146 Å². The molecular formula is C37H36ClF2N5O5. The molecule has 0 spiro atoms. The molecule has 0 aliphatic rings. The van der Waals surface area contributed by atoms with Crippen LogP contribution >= 0.6 is 11.6 Å². The fourth-order valence-electron chi connectivity index (χ4n) is 4.77. The highest BCUT2D eigenvalue weighted by atomic mass is 35.5. The minimum absolute atomic E-state index is 0.0231. The van der Waals surface area contributed by atoms with Crippen LogP contribution in [0.2, 0.25) is 5.02 Å². The molecule has 2 aromatic heterocycles. The summed E-state index contributed by atoms with van der Waals surface area (Å²) >= 11 is 6.15. The quantitative estimate of drug-likeness (QED) is 0.129. The zero-order chi connectivity index (χ0) is 36.7. The largest absolute Gasteiger partial charge is 0.456 e. The number of hydrogen-bond donors (Lipinski definition) is 2. The van der Waals surface area contributed by atoms with Crippen molar-refractivity contribution in [3.63, 3.8) is 0 Å². The lowest BCUT2D eigenvalue weighted by molar-refractivity contribution is 0.00683. The number of aromatic nitrogens is 3. The second-order valence-electron chi connectivity index (χ2n) is 12.4. The van der Waals surface area contributed by atoms with E-state index in [0.29, 0.717) is 28.3 Å². The first-order chi connectivity index (χ1) is 23.6. The van der Waals surface area contributed by atoms with Crippen LogP contribution in [0, 0.1) is 18.6 Å². The Kier molecular flexibility index (Phi) is 11.9. The van der Waals surface area contributed by atoms with Gasteiger partial charge in [0.1, 0.15) is 17.0 Å². The molecule has 2 heterocycles. The molecule has 0 aliphatic carbocycles. The van der Waals surface area contributed by atoms with Crippen LogP contribution < -0.4 is 11.1 Å². The summed E-state index contributed by atoms with van der Waals surface area (Å²) in [6.45, 7) is 9.13. The number of rotatable bonds is 9.